The Morgan fingerprint density at radius 1 is 1.06 bits per heavy atom. The third kappa shape index (κ3) is 5.72. The largest absolute Gasteiger partial charge is 0.484 e. The highest BCUT2D eigenvalue weighted by Gasteiger charge is 2.22. The van der Waals surface area contributed by atoms with Gasteiger partial charge in [0.1, 0.15) is 17.4 Å². The van der Waals surface area contributed by atoms with Crippen molar-refractivity contribution >= 4 is 22.8 Å². The van der Waals surface area contributed by atoms with Crippen molar-refractivity contribution in [1.82, 2.24) is 5.32 Å². The lowest BCUT2D eigenvalue weighted by molar-refractivity contribution is -0.145. The van der Waals surface area contributed by atoms with Gasteiger partial charge in [-0.05, 0) is 35.6 Å². The average molecular weight is 423 g/mol. The second-order valence-electron chi connectivity index (χ2n) is 7.56. The molecule has 0 saturated heterocycles. The van der Waals surface area contributed by atoms with Crippen molar-refractivity contribution in [3.63, 3.8) is 0 Å². The standard InChI is InChI=1S/C24H25NO6/c1-15(2)11-20(24(28)29-3)25-22(26)14-30-17-9-10-18-19(16-7-5-4-6-8-16)13-23(27)31-21(18)12-17/h4-10,12-13,15,20H,11,14H2,1-3H3,(H,25,26)/t20-/m0/s1. The Kier molecular flexibility index (Phi) is 7.07. The lowest BCUT2D eigenvalue weighted by atomic mass is 10.0. The van der Waals surface area contributed by atoms with Gasteiger partial charge in [0, 0.05) is 17.5 Å². The van der Waals surface area contributed by atoms with Crippen LogP contribution in [0.25, 0.3) is 22.1 Å². The van der Waals surface area contributed by atoms with E-state index in [1.807, 2.05) is 44.2 Å². The normalized spacial score (nSPS) is 11.9. The quantitative estimate of drug-likeness (QED) is 0.440. The molecule has 0 fully saturated rings. The van der Waals surface area contributed by atoms with Gasteiger partial charge in [0.05, 0.1) is 7.11 Å². The lowest BCUT2D eigenvalue weighted by Crippen LogP contribution is -2.44. The summed E-state index contributed by atoms with van der Waals surface area (Å²) in [6.07, 6.45) is 0.460. The van der Waals surface area contributed by atoms with Crippen molar-refractivity contribution in [2.24, 2.45) is 5.92 Å². The molecule has 0 bridgehead atoms. The maximum absolute atomic E-state index is 12.3. The third-order valence-corrected chi connectivity index (χ3v) is 4.70. The molecule has 0 radical (unpaired) electrons. The number of carbonyl (C=O) groups is 2. The number of hydrogen-bond donors (Lipinski definition) is 1. The van der Waals surface area contributed by atoms with E-state index in [4.69, 9.17) is 13.9 Å². The van der Waals surface area contributed by atoms with E-state index in [9.17, 15) is 14.4 Å². The molecular formula is C24H25NO6. The van der Waals surface area contributed by atoms with Gasteiger partial charge in [0.15, 0.2) is 6.61 Å². The van der Waals surface area contributed by atoms with Crippen LogP contribution in [0.15, 0.2) is 63.8 Å². The van der Waals surface area contributed by atoms with Crippen molar-refractivity contribution in [1.29, 1.82) is 0 Å². The SMILES string of the molecule is COC(=O)[C@H](CC(C)C)NC(=O)COc1ccc2c(-c3ccccc3)cc(=O)oc2c1. The van der Waals surface area contributed by atoms with Crippen LogP contribution in [0.2, 0.25) is 0 Å². The molecule has 0 aliphatic carbocycles. The molecule has 1 atom stereocenters. The van der Waals surface area contributed by atoms with Crippen molar-refractivity contribution in [3.05, 3.63) is 65.0 Å². The van der Waals surface area contributed by atoms with Crippen LogP contribution < -0.4 is 15.7 Å². The summed E-state index contributed by atoms with van der Waals surface area (Å²) >= 11 is 0. The zero-order chi connectivity index (χ0) is 22.4. The smallest absolute Gasteiger partial charge is 0.336 e. The van der Waals surface area contributed by atoms with Crippen LogP contribution >= 0.6 is 0 Å². The molecule has 1 heterocycles. The second-order valence-corrected chi connectivity index (χ2v) is 7.56. The van der Waals surface area contributed by atoms with E-state index < -0.39 is 23.5 Å². The van der Waals surface area contributed by atoms with E-state index in [-0.39, 0.29) is 12.5 Å². The summed E-state index contributed by atoms with van der Waals surface area (Å²) in [6.45, 7) is 3.61. The van der Waals surface area contributed by atoms with Crippen molar-refractivity contribution in [2.45, 2.75) is 26.3 Å². The number of ether oxygens (including phenoxy) is 2. The number of nitrogens with one attached hydrogen (secondary N) is 1. The third-order valence-electron chi connectivity index (χ3n) is 4.70. The predicted molar refractivity (Wildman–Crippen MR) is 117 cm³/mol. The number of rotatable bonds is 8. The fraction of sp³-hybridized carbons (Fsp3) is 0.292. The molecule has 0 aliphatic heterocycles. The Morgan fingerprint density at radius 2 is 1.81 bits per heavy atom. The molecule has 0 saturated carbocycles. The second kappa shape index (κ2) is 9.93. The fourth-order valence-corrected chi connectivity index (χ4v) is 3.30. The highest BCUT2D eigenvalue weighted by Crippen LogP contribution is 2.29. The first kappa shape index (κ1) is 22.1. The summed E-state index contributed by atoms with van der Waals surface area (Å²) in [5.41, 5.74) is 1.53. The maximum Gasteiger partial charge on any atom is 0.336 e. The molecule has 0 spiro atoms. The highest BCUT2D eigenvalue weighted by atomic mass is 16.5. The summed E-state index contributed by atoms with van der Waals surface area (Å²) < 4.78 is 15.6. The van der Waals surface area contributed by atoms with Gasteiger partial charge in [-0.2, -0.15) is 0 Å². The molecule has 0 aliphatic rings. The summed E-state index contributed by atoms with van der Waals surface area (Å²) in [5, 5.41) is 3.39. The highest BCUT2D eigenvalue weighted by molar-refractivity contribution is 5.93. The minimum absolute atomic E-state index is 0.201. The van der Waals surface area contributed by atoms with Gasteiger partial charge < -0.3 is 19.2 Å². The minimum atomic E-state index is -0.732. The molecule has 3 rings (SSSR count). The maximum atomic E-state index is 12.3. The van der Waals surface area contributed by atoms with Gasteiger partial charge >= 0.3 is 11.6 Å². The van der Waals surface area contributed by atoms with Crippen molar-refractivity contribution in [2.75, 3.05) is 13.7 Å². The zero-order valence-electron chi connectivity index (χ0n) is 17.7. The number of fused-ring (bicyclic) bond motifs is 1. The first-order chi connectivity index (χ1) is 14.9. The Balaban J connectivity index is 1.75. The molecule has 1 aromatic heterocycles. The Hall–Kier alpha value is -3.61. The fourth-order valence-electron chi connectivity index (χ4n) is 3.30. The number of hydrogen-bond acceptors (Lipinski definition) is 6. The number of amides is 1. The predicted octanol–water partition coefficient (Wildman–Crippen LogP) is 3.54. The van der Waals surface area contributed by atoms with E-state index in [0.29, 0.717) is 17.8 Å². The molecular weight excluding hydrogens is 398 g/mol. The van der Waals surface area contributed by atoms with Crippen LogP contribution in [0.1, 0.15) is 20.3 Å². The number of benzene rings is 2. The van der Waals surface area contributed by atoms with E-state index in [2.05, 4.69) is 5.32 Å². The first-order valence-corrected chi connectivity index (χ1v) is 10.0. The first-order valence-electron chi connectivity index (χ1n) is 10.0. The Labute approximate surface area is 180 Å². The monoisotopic (exact) mass is 423 g/mol. The van der Waals surface area contributed by atoms with Crippen LogP contribution in [-0.4, -0.2) is 31.6 Å². The Morgan fingerprint density at radius 3 is 2.48 bits per heavy atom. The topological polar surface area (TPSA) is 94.8 Å². The Bertz CT molecular complexity index is 1120. The molecule has 3 aromatic rings. The average Bonchev–Trinajstić information content (AvgIpc) is 2.76. The molecule has 1 N–H and O–H groups in total. The van der Waals surface area contributed by atoms with E-state index in [0.717, 1.165) is 16.5 Å². The summed E-state index contributed by atoms with van der Waals surface area (Å²) in [5.74, 6) is -0.374. The van der Waals surface area contributed by atoms with Gasteiger partial charge in [-0.25, -0.2) is 9.59 Å². The molecule has 31 heavy (non-hydrogen) atoms. The van der Waals surface area contributed by atoms with E-state index in [1.54, 1.807) is 18.2 Å². The van der Waals surface area contributed by atoms with Gasteiger partial charge in [0.2, 0.25) is 0 Å². The van der Waals surface area contributed by atoms with E-state index >= 15 is 0 Å². The zero-order valence-corrected chi connectivity index (χ0v) is 17.7. The van der Waals surface area contributed by atoms with Crippen LogP contribution in [0.3, 0.4) is 0 Å². The van der Waals surface area contributed by atoms with Gasteiger partial charge in [-0.3, -0.25) is 4.79 Å². The summed E-state index contributed by atoms with van der Waals surface area (Å²) in [7, 11) is 1.28. The number of esters is 1. The van der Waals surface area contributed by atoms with Gasteiger partial charge in [-0.1, -0.05) is 44.2 Å². The van der Waals surface area contributed by atoms with E-state index in [1.165, 1.54) is 13.2 Å². The molecule has 0 unspecified atom stereocenters. The van der Waals surface area contributed by atoms with Crippen LogP contribution in [0, 0.1) is 5.92 Å². The van der Waals surface area contributed by atoms with Crippen LogP contribution in [-0.2, 0) is 14.3 Å². The molecule has 1 amide bonds. The van der Waals surface area contributed by atoms with Crippen LogP contribution in [0.4, 0.5) is 0 Å². The molecule has 7 heteroatoms. The molecule has 2 aromatic carbocycles. The van der Waals surface area contributed by atoms with Crippen molar-refractivity contribution < 1.29 is 23.5 Å². The summed E-state index contributed by atoms with van der Waals surface area (Å²) in [4.78, 5) is 36.2. The minimum Gasteiger partial charge on any atom is -0.484 e. The van der Waals surface area contributed by atoms with Crippen molar-refractivity contribution in [3.8, 4) is 16.9 Å². The summed E-state index contributed by atoms with van der Waals surface area (Å²) in [6, 6.07) is 15.3. The van der Waals surface area contributed by atoms with Gasteiger partial charge in [-0.15, -0.1) is 0 Å². The lowest BCUT2D eigenvalue weighted by Gasteiger charge is -2.18. The van der Waals surface area contributed by atoms with Crippen LogP contribution in [0.5, 0.6) is 5.75 Å². The number of methoxy groups -OCH3 is 1. The number of carbonyl (C=O) groups excluding carboxylic acids is 2. The molecule has 162 valence electrons. The van der Waals surface area contributed by atoms with Gasteiger partial charge in [0.25, 0.3) is 5.91 Å². The molecule has 7 nitrogen and oxygen atoms in total.